The number of thiophene rings is 1. The SMILES string of the molecule is CC(O[N+](=O)[O-])c1cccs1. The molecular weight excluding hydrogens is 166 g/mol. The van der Waals surface area contributed by atoms with E-state index in [1.54, 1.807) is 13.0 Å². The molecule has 5 heteroatoms. The molecule has 0 aliphatic carbocycles. The van der Waals surface area contributed by atoms with E-state index in [0.29, 0.717) is 0 Å². The molecule has 0 aliphatic rings. The second kappa shape index (κ2) is 3.34. The predicted molar refractivity (Wildman–Crippen MR) is 40.8 cm³/mol. The van der Waals surface area contributed by atoms with E-state index in [0.717, 1.165) is 4.88 Å². The summed E-state index contributed by atoms with van der Waals surface area (Å²) in [6, 6.07) is 3.64. The molecule has 0 fully saturated rings. The predicted octanol–water partition coefficient (Wildman–Crippen LogP) is 2.02. The molecule has 11 heavy (non-hydrogen) atoms. The molecule has 60 valence electrons. The lowest BCUT2D eigenvalue weighted by Gasteiger charge is -2.04. The summed E-state index contributed by atoms with van der Waals surface area (Å²) in [5.41, 5.74) is 0. The molecule has 0 saturated carbocycles. The summed E-state index contributed by atoms with van der Waals surface area (Å²) in [5.74, 6) is 0. The highest BCUT2D eigenvalue weighted by molar-refractivity contribution is 7.10. The third kappa shape index (κ3) is 2.19. The van der Waals surface area contributed by atoms with Gasteiger partial charge in [0.05, 0.1) is 0 Å². The van der Waals surface area contributed by atoms with Gasteiger partial charge < -0.3 is 4.84 Å². The van der Waals surface area contributed by atoms with E-state index in [1.165, 1.54) is 11.3 Å². The minimum absolute atomic E-state index is 0.454. The Morgan fingerprint density at radius 2 is 2.55 bits per heavy atom. The molecule has 1 unspecified atom stereocenters. The molecule has 4 nitrogen and oxygen atoms in total. The number of nitrogens with zero attached hydrogens (tertiary/aromatic N) is 1. The van der Waals surface area contributed by atoms with E-state index in [-0.39, 0.29) is 0 Å². The first-order chi connectivity index (χ1) is 5.20. The summed E-state index contributed by atoms with van der Waals surface area (Å²) in [6.07, 6.45) is -0.454. The standard InChI is InChI=1S/C6H7NO3S/c1-5(10-7(8)9)6-3-2-4-11-6/h2-5H,1H3. The fourth-order valence-electron chi connectivity index (χ4n) is 0.704. The van der Waals surface area contributed by atoms with E-state index in [2.05, 4.69) is 4.84 Å². The van der Waals surface area contributed by atoms with Crippen LogP contribution in [0.2, 0.25) is 0 Å². The van der Waals surface area contributed by atoms with Crippen LogP contribution in [0.4, 0.5) is 0 Å². The van der Waals surface area contributed by atoms with Gasteiger partial charge in [-0.2, -0.15) is 0 Å². The van der Waals surface area contributed by atoms with Gasteiger partial charge in [-0.1, -0.05) is 6.07 Å². The maximum atomic E-state index is 9.89. The lowest BCUT2D eigenvalue weighted by Crippen LogP contribution is -2.04. The maximum Gasteiger partial charge on any atom is 0.295 e. The van der Waals surface area contributed by atoms with Gasteiger partial charge in [0.25, 0.3) is 5.09 Å². The van der Waals surface area contributed by atoms with Gasteiger partial charge in [-0.25, -0.2) is 0 Å². The van der Waals surface area contributed by atoms with E-state index in [4.69, 9.17) is 0 Å². The third-order valence-corrected chi connectivity index (χ3v) is 2.22. The number of hydrogen-bond acceptors (Lipinski definition) is 4. The van der Waals surface area contributed by atoms with Crippen LogP contribution in [-0.2, 0) is 4.84 Å². The molecule has 0 aromatic carbocycles. The molecule has 0 spiro atoms. The van der Waals surface area contributed by atoms with Crippen molar-refractivity contribution >= 4 is 11.3 Å². The molecule has 1 heterocycles. The zero-order valence-electron chi connectivity index (χ0n) is 5.89. The van der Waals surface area contributed by atoms with Gasteiger partial charge in [0.2, 0.25) is 0 Å². The normalized spacial score (nSPS) is 12.5. The van der Waals surface area contributed by atoms with Crippen LogP contribution in [0.1, 0.15) is 17.9 Å². The maximum absolute atomic E-state index is 9.89. The Kier molecular flexibility index (Phi) is 2.43. The van der Waals surface area contributed by atoms with Crippen molar-refractivity contribution in [3.8, 4) is 0 Å². The highest BCUT2D eigenvalue weighted by Gasteiger charge is 2.09. The van der Waals surface area contributed by atoms with Gasteiger partial charge in [0.1, 0.15) is 6.10 Å². The van der Waals surface area contributed by atoms with Crippen molar-refractivity contribution in [2.24, 2.45) is 0 Å². The van der Waals surface area contributed by atoms with Gasteiger partial charge in [0, 0.05) is 4.88 Å². The van der Waals surface area contributed by atoms with Gasteiger partial charge in [-0.15, -0.1) is 21.5 Å². The van der Waals surface area contributed by atoms with Crippen LogP contribution in [0.15, 0.2) is 17.5 Å². The quantitative estimate of drug-likeness (QED) is 0.519. The van der Waals surface area contributed by atoms with Crippen molar-refractivity contribution < 1.29 is 9.92 Å². The van der Waals surface area contributed by atoms with Crippen LogP contribution in [0.25, 0.3) is 0 Å². The zero-order chi connectivity index (χ0) is 8.27. The van der Waals surface area contributed by atoms with E-state index < -0.39 is 11.2 Å². The largest absolute Gasteiger partial charge is 0.305 e. The first kappa shape index (κ1) is 8.00. The minimum Gasteiger partial charge on any atom is -0.305 e. The van der Waals surface area contributed by atoms with Gasteiger partial charge in [-0.3, -0.25) is 0 Å². The van der Waals surface area contributed by atoms with Crippen LogP contribution < -0.4 is 0 Å². The van der Waals surface area contributed by atoms with Crippen LogP contribution in [0.3, 0.4) is 0 Å². The smallest absolute Gasteiger partial charge is 0.295 e. The number of hydrogen-bond donors (Lipinski definition) is 0. The second-order valence-corrected chi connectivity index (χ2v) is 2.97. The molecule has 1 atom stereocenters. The summed E-state index contributed by atoms with van der Waals surface area (Å²) >= 11 is 1.44. The highest BCUT2D eigenvalue weighted by Crippen LogP contribution is 2.21. The molecule has 1 aromatic rings. The average Bonchev–Trinajstić information content (AvgIpc) is 2.35. The Labute approximate surface area is 67.5 Å². The minimum atomic E-state index is -0.773. The first-order valence-corrected chi connectivity index (χ1v) is 3.92. The summed E-state index contributed by atoms with van der Waals surface area (Å²) in [5, 5.41) is 11.0. The number of rotatable bonds is 3. The van der Waals surface area contributed by atoms with E-state index >= 15 is 0 Å². The fraction of sp³-hybridized carbons (Fsp3) is 0.333. The molecular formula is C6H7NO3S. The average molecular weight is 173 g/mol. The molecule has 0 saturated heterocycles. The van der Waals surface area contributed by atoms with Crippen molar-refractivity contribution in [3.05, 3.63) is 32.5 Å². The van der Waals surface area contributed by atoms with E-state index in [1.807, 2.05) is 11.4 Å². The molecule has 0 radical (unpaired) electrons. The highest BCUT2D eigenvalue weighted by atomic mass is 32.1. The summed E-state index contributed by atoms with van der Waals surface area (Å²) < 4.78 is 0. The van der Waals surface area contributed by atoms with Crippen LogP contribution in [-0.4, -0.2) is 5.09 Å². The lowest BCUT2D eigenvalue weighted by atomic mass is 10.3. The van der Waals surface area contributed by atoms with Gasteiger partial charge in [-0.05, 0) is 18.4 Å². The zero-order valence-corrected chi connectivity index (χ0v) is 6.71. The van der Waals surface area contributed by atoms with Crippen LogP contribution in [0.5, 0.6) is 0 Å². The van der Waals surface area contributed by atoms with Crippen LogP contribution >= 0.6 is 11.3 Å². The summed E-state index contributed by atoms with van der Waals surface area (Å²) in [6.45, 7) is 1.65. The first-order valence-electron chi connectivity index (χ1n) is 3.04. The molecule has 0 amide bonds. The second-order valence-electron chi connectivity index (χ2n) is 1.99. The molecule has 1 rings (SSSR count). The van der Waals surface area contributed by atoms with Crippen molar-refractivity contribution in [1.29, 1.82) is 0 Å². The topological polar surface area (TPSA) is 52.4 Å². The molecule has 0 bridgehead atoms. The molecule has 0 N–H and O–H groups in total. The Balaban J connectivity index is 2.56. The summed E-state index contributed by atoms with van der Waals surface area (Å²) in [4.78, 5) is 15.1. The van der Waals surface area contributed by atoms with Gasteiger partial charge in [0.15, 0.2) is 0 Å². The van der Waals surface area contributed by atoms with Crippen molar-refractivity contribution in [3.63, 3.8) is 0 Å². The Morgan fingerprint density at radius 1 is 1.82 bits per heavy atom. The van der Waals surface area contributed by atoms with Crippen molar-refractivity contribution in [1.82, 2.24) is 0 Å². The van der Waals surface area contributed by atoms with Crippen LogP contribution in [0, 0.1) is 10.1 Å². The van der Waals surface area contributed by atoms with Crippen molar-refractivity contribution in [2.75, 3.05) is 0 Å². The molecule has 0 aliphatic heterocycles. The lowest BCUT2D eigenvalue weighted by molar-refractivity contribution is -0.769. The monoisotopic (exact) mass is 173 g/mol. The fourth-order valence-corrected chi connectivity index (χ4v) is 1.41. The van der Waals surface area contributed by atoms with E-state index in [9.17, 15) is 10.1 Å². The van der Waals surface area contributed by atoms with Crippen molar-refractivity contribution in [2.45, 2.75) is 13.0 Å². The third-order valence-electron chi connectivity index (χ3n) is 1.19. The Morgan fingerprint density at radius 3 is 3.00 bits per heavy atom. The summed E-state index contributed by atoms with van der Waals surface area (Å²) in [7, 11) is 0. The van der Waals surface area contributed by atoms with Gasteiger partial charge >= 0.3 is 0 Å². The Hall–Kier alpha value is -1.10. The Bertz CT molecular complexity index is 234. The molecule has 1 aromatic heterocycles.